The van der Waals surface area contributed by atoms with E-state index < -0.39 is 6.10 Å². The average molecular weight is 296 g/mol. The summed E-state index contributed by atoms with van der Waals surface area (Å²) in [6.07, 6.45) is -0.663. The molecule has 19 heavy (non-hydrogen) atoms. The summed E-state index contributed by atoms with van der Waals surface area (Å²) in [5.74, 6) is -0.168. The van der Waals surface area contributed by atoms with Crippen LogP contribution in [0.4, 0.5) is 0 Å². The van der Waals surface area contributed by atoms with Gasteiger partial charge in [0, 0.05) is 22.5 Å². The second-order valence-corrected chi connectivity index (χ2v) is 5.26. The van der Waals surface area contributed by atoms with Gasteiger partial charge in [0.1, 0.15) is 0 Å². The lowest BCUT2D eigenvalue weighted by atomic mass is 9.89. The highest BCUT2D eigenvalue weighted by Gasteiger charge is 2.21. The molecule has 0 fully saturated rings. The maximum absolute atomic E-state index is 10.4. The highest BCUT2D eigenvalue weighted by Crippen LogP contribution is 2.31. The Morgan fingerprint density at radius 1 is 0.842 bits per heavy atom. The van der Waals surface area contributed by atoms with Gasteiger partial charge in [-0.2, -0.15) is 0 Å². The van der Waals surface area contributed by atoms with Crippen LogP contribution in [-0.4, -0.2) is 11.7 Å². The molecule has 2 rings (SSSR count). The van der Waals surface area contributed by atoms with E-state index in [1.807, 2.05) is 24.3 Å². The van der Waals surface area contributed by atoms with Crippen LogP contribution in [0.5, 0.6) is 0 Å². The minimum absolute atomic E-state index is 0.168. The predicted octanol–water partition coefficient (Wildman–Crippen LogP) is 3.77. The van der Waals surface area contributed by atoms with E-state index in [0.29, 0.717) is 16.6 Å². The number of aliphatic hydroxyl groups excluding tert-OH is 1. The first-order valence-corrected chi connectivity index (χ1v) is 6.76. The van der Waals surface area contributed by atoms with Crippen molar-refractivity contribution in [2.75, 3.05) is 6.54 Å². The van der Waals surface area contributed by atoms with Crippen LogP contribution in [0.1, 0.15) is 23.1 Å². The Hall–Kier alpha value is -1.06. The molecule has 2 aromatic rings. The molecule has 0 radical (unpaired) electrons. The molecule has 0 heterocycles. The standard InChI is InChI=1S/C15H15Cl2NO/c16-12-5-1-10(2-6-12)14(9-18)15(19)11-3-7-13(17)8-4-11/h1-8,14-15,19H,9,18H2. The lowest BCUT2D eigenvalue weighted by Gasteiger charge is -2.22. The molecule has 3 N–H and O–H groups in total. The summed E-state index contributed by atoms with van der Waals surface area (Å²) >= 11 is 11.7. The second kappa shape index (κ2) is 6.40. The molecular formula is C15H15Cl2NO. The van der Waals surface area contributed by atoms with E-state index in [1.165, 1.54) is 0 Å². The third-order valence-corrected chi connectivity index (χ3v) is 3.65. The molecule has 2 aromatic carbocycles. The molecule has 0 saturated carbocycles. The largest absolute Gasteiger partial charge is 0.388 e. The molecule has 0 aliphatic rings. The topological polar surface area (TPSA) is 46.2 Å². The van der Waals surface area contributed by atoms with E-state index in [1.54, 1.807) is 24.3 Å². The first-order chi connectivity index (χ1) is 9.11. The fourth-order valence-electron chi connectivity index (χ4n) is 2.05. The van der Waals surface area contributed by atoms with Crippen LogP contribution < -0.4 is 5.73 Å². The van der Waals surface area contributed by atoms with Crippen LogP contribution in [0.15, 0.2) is 48.5 Å². The van der Waals surface area contributed by atoms with Gasteiger partial charge in [0.25, 0.3) is 0 Å². The van der Waals surface area contributed by atoms with Gasteiger partial charge < -0.3 is 10.8 Å². The SMILES string of the molecule is NCC(c1ccc(Cl)cc1)C(O)c1ccc(Cl)cc1. The Morgan fingerprint density at radius 2 is 1.26 bits per heavy atom. The number of hydrogen-bond donors (Lipinski definition) is 2. The molecule has 0 amide bonds. The minimum atomic E-state index is -0.663. The van der Waals surface area contributed by atoms with Gasteiger partial charge in [-0.3, -0.25) is 0 Å². The van der Waals surface area contributed by atoms with Crippen molar-refractivity contribution in [3.05, 3.63) is 69.7 Å². The zero-order valence-corrected chi connectivity index (χ0v) is 11.8. The van der Waals surface area contributed by atoms with E-state index in [-0.39, 0.29) is 5.92 Å². The molecule has 2 unspecified atom stereocenters. The Bertz CT molecular complexity index is 525. The van der Waals surface area contributed by atoms with E-state index in [0.717, 1.165) is 11.1 Å². The molecule has 0 saturated heterocycles. The van der Waals surface area contributed by atoms with Crippen LogP contribution in [0, 0.1) is 0 Å². The summed E-state index contributed by atoms with van der Waals surface area (Å²) in [7, 11) is 0. The molecule has 2 atom stereocenters. The smallest absolute Gasteiger partial charge is 0.0870 e. The van der Waals surface area contributed by atoms with Crippen molar-refractivity contribution in [2.45, 2.75) is 12.0 Å². The minimum Gasteiger partial charge on any atom is -0.388 e. The van der Waals surface area contributed by atoms with E-state index >= 15 is 0 Å². The van der Waals surface area contributed by atoms with Crippen LogP contribution in [-0.2, 0) is 0 Å². The fourth-order valence-corrected chi connectivity index (χ4v) is 2.30. The van der Waals surface area contributed by atoms with Gasteiger partial charge in [0.05, 0.1) is 6.10 Å². The monoisotopic (exact) mass is 295 g/mol. The molecular weight excluding hydrogens is 281 g/mol. The van der Waals surface area contributed by atoms with Crippen LogP contribution in [0.3, 0.4) is 0 Å². The third kappa shape index (κ3) is 3.48. The van der Waals surface area contributed by atoms with Gasteiger partial charge in [-0.15, -0.1) is 0 Å². The lowest BCUT2D eigenvalue weighted by Crippen LogP contribution is -2.20. The summed E-state index contributed by atoms with van der Waals surface area (Å²) < 4.78 is 0. The second-order valence-electron chi connectivity index (χ2n) is 4.39. The van der Waals surface area contributed by atoms with Crippen LogP contribution >= 0.6 is 23.2 Å². The number of halogens is 2. The first-order valence-electron chi connectivity index (χ1n) is 6.01. The van der Waals surface area contributed by atoms with Crippen LogP contribution in [0.2, 0.25) is 10.0 Å². The number of nitrogens with two attached hydrogens (primary N) is 1. The van der Waals surface area contributed by atoms with Crippen molar-refractivity contribution < 1.29 is 5.11 Å². The molecule has 4 heteroatoms. The van der Waals surface area contributed by atoms with Crippen molar-refractivity contribution in [1.29, 1.82) is 0 Å². The summed E-state index contributed by atoms with van der Waals surface area (Å²) in [4.78, 5) is 0. The molecule has 0 aromatic heterocycles. The van der Waals surface area contributed by atoms with Crippen molar-refractivity contribution >= 4 is 23.2 Å². The maximum atomic E-state index is 10.4. The summed E-state index contributed by atoms with van der Waals surface area (Å²) in [6, 6.07) is 14.5. The van der Waals surface area contributed by atoms with Crippen molar-refractivity contribution in [3.8, 4) is 0 Å². The van der Waals surface area contributed by atoms with Gasteiger partial charge >= 0.3 is 0 Å². The molecule has 2 nitrogen and oxygen atoms in total. The molecule has 0 aliphatic heterocycles. The van der Waals surface area contributed by atoms with E-state index in [2.05, 4.69) is 0 Å². The third-order valence-electron chi connectivity index (χ3n) is 3.14. The number of rotatable bonds is 4. The van der Waals surface area contributed by atoms with Gasteiger partial charge in [0.15, 0.2) is 0 Å². The highest BCUT2D eigenvalue weighted by molar-refractivity contribution is 6.30. The van der Waals surface area contributed by atoms with Crippen molar-refractivity contribution in [1.82, 2.24) is 0 Å². The van der Waals surface area contributed by atoms with Gasteiger partial charge in [-0.05, 0) is 35.4 Å². The van der Waals surface area contributed by atoms with Crippen LogP contribution in [0.25, 0.3) is 0 Å². The summed E-state index contributed by atoms with van der Waals surface area (Å²) in [5, 5.41) is 11.8. The van der Waals surface area contributed by atoms with E-state index in [4.69, 9.17) is 28.9 Å². The quantitative estimate of drug-likeness (QED) is 0.902. The Kier molecular flexibility index (Phi) is 4.83. The Morgan fingerprint density at radius 3 is 1.68 bits per heavy atom. The lowest BCUT2D eigenvalue weighted by molar-refractivity contribution is 0.147. The number of benzene rings is 2. The number of aliphatic hydroxyl groups is 1. The first kappa shape index (κ1) is 14.4. The van der Waals surface area contributed by atoms with Crippen molar-refractivity contribution in [3.63, 3.8) is 0 Å². The Balaban J connectivity index is 2.26. The van der Waals surface area contributed by atoms with Gasteiger partial charge in [-0.25, -0.2) is 0 Å². The molecule has 100 valence electrons. The Labute approximate surface area is 122 Å². The maximum Gasteiger partial charge on any atom is 0.0870 e. The van der Waals surface area contributed by atoms with Gasteiger partial charge in [0.2, 0.25) is 0 Å². The highest BCUT2D eigenvalue weighted by atomic mass is 35.5. The predicted molar refractivity (Wildman–Crippen MR) is 79.7 cm³/mol. The normalized spacial score (nSPS) is 14.1. The zero-order valence-electron chi connectivity index (χ0n) is 10.3. The average Bonchev–Trinajstić information content (AvgIpc) is 2.42. The van der Waals surface area contributed by atoms with Crippen molar-refractivity contribution in [2.24, 2.45) is 5.73 Å². The zero-order chi connectivity index (χ0) is 13.8. The van der Waals surface area contributed by atoms with Gasteiger partial charge in [-0.1, -0.05) is 47.5 Å². The molecule has 0 aliphatic carbocycles. The number of hydrogen-bond acceptors (Lipinski definition) is 2. The van der Waals surface area contributed by atoms with E-state index in [9.17, 15) is 5.11 Å². The summed E-state index contributed by atoms with van der Waals surface area (Å²) in [5.41, 5.74) is 7.56. The molecule has 0 bridgehead atoms. The fraction of sp³-hybridized carbons (Fsp3) is 0.200. The summed E-state index contributed by atoms with van der Waals surface area (Å²) in [6.45, 7) is 0.353. The molecule has 0 spiro atoms.